The highest BCUT2D eigenvalue weighted by atomic mass is 32.1. The smallest absolute Gasteiger partial charge is 0.389 e. The van der Waals surface area contributed by atoms with E-state index in [0.717, 1.165) is 10.4 Å². The summed E-state index contributed by atoms with van der Waals surface area (Å²) < 4.78 is 0. The van der Waals surface area contributed by atoms with Crippen LogP contribution < -0.4 is 10.6 Å². The number of hydrogen-bond acceptors (Lipinski definition) is 10. The second-order valence-corrected chi connectivity index (χ2v) is 6.36. The lowest BCUT2D eigenvalue weighted by Crippen LogP contribution is -2.29. The van der Waals surface area contributed by atoms with Crippen LogP contribution in [0.25, 0.3) is 11.0 Å². The first-order valence-electron chi connectivity index (χ1n) is 8.04. The molecule has 3 heterocycles. The van der Waals surface area contributed by atoms with E-state index in [1.807, 2.05) is 0 Å². The summed E-state index contributed by atoms with van der Waals surface area (Å²) in [6.07, 6.45) is 3.27. The van der Waals surface area contributed by atoms with Crippen LogP contribution in [-0.4, -0.2) is 36.8 Å². The first-order valence-corrected chi connectivity index (χ1v) is 8.92. The summed E-state index contributed by atoms with van der Waals surface area (Å²) in [5.74, 6) is -0.810. The molecule has 0 bridgehead atoms. The second-order valence-electron chi connectivity index (χ2n) is 5.47. The van der Waals surface area contributed by atoms with Gasteiger partial charge >= 0.3 is 5.97 Å². The van der Waals surface area contributed by atoms with Crippen LogP contribution in [0.2, 0.25) is 0 Å². The summed E-state index contributed by atoms with van der Waals surface area (Å²) in [6.45, 7) is 0.144. The fourth-order valence-electron chi connectivity index (χ4n) is 2.27. The monoisotopic (exact) mass is 395 g/mol. The van der Waals surface area contributed by atoms with Gasteiger partial charge in [0.1, 0.15) is 23.3 Å². The molecule has 0 unspecified atom stereocenters. The first-order chi connectivity index (χ1) is 13.7. The van der Waals surface area contributed by atoms with Crippen molar-refractivity contribution in [1.29, 1.82) is 0 Å². The lowest BCUT2D eigenvalue weighted by Gasteiger charge is -2.05. The van der Waals surface area contributed by atoms with E-state index in [0.29, 0.717) is 11.0 Å². The summed E-state index contributed by atoms with van der Waals surface area (Å²) in [6, 6.07) is 10.6. The van der Waals surface area contributed by atoms with Gasteiger partial charge in [-0.05, 0) is 35.0 Å². The number of hydrogen-bond donors (Lipinski definition) is 1. The van der Waals surface area contributed by atoms with Crippen LogP contribution in [0, 0.1) is 0 Å². The molecule has 0 aliphatic rings. The van der Waals surface area contributed by atoms with Crippen molar-refractivity contribution in [1.82, 2.24) is 25.1 Å². The Morgan fingerprint density at radius 2 is 2.04 bits per heavy atom. The van der Waals surface area contributed by atoms with E-state index in [1.54, 1.807) is 54.2 Å². The normalized spacial score (nSPS) is 11.5. The molecule has 0 amide bonds. The molecule has 0 saturated carbocycles. The van der Waals surface area contributed by atoms with Crippen LogP contribution in [0.15, 0.2) is 59.3 Å². The summed E-state index contributed by atoms with van der Waals surface area (Å²) >= 11 is 1.17. The molecule has 11 heteroatoms. The molecule has 0 saturated heterocycles. The number of fused-ring (bicyclic) bond motifs is 1. The minimum atomic E-state index is -0.810. The Morgan fingerprint density at radius 3 is 2.82 bits per heavy atom. The molecule has 1 aromatic carbocycles. The molecule has 0 aliphatic carbocycles. The van der Waals surface area contributed by atoms with Crippen molar-refractivity contribution < 1.29 is 14.5 Å². The lowest BCUT2D eigenvalue weighted by molar-refractivity contribution is -0.137. The summed E-state index contributed by atoms with van der Waals surface area (Å²) in [4.78, 5) is 32.3. The van der Waals surface area contributed by atoms with Gasteiger partial charge in [-0.25, -0.2) is 9.78 Å². The minimum Gasteiger partial charge on any atom is -0.390 e. The SMILES string of the molecule is Nc1nc(/C(=N/OCc2ccncc2)C(=O)On2nnc3ccccc32)cs1. The van der Waals surface area contributed by atoms with E-state index in [2.05, 4.69) is 25.4 Å². The van der Waals surface area contributed by atoms with Gasteiger partial charge in [-0.2, -0.15) is 0 Å². The van der Waals surface area contributed by atoms with Crippen molar-refractivity contribution >= 4 is 39.2 Å². The molecular formula is C17H13N7O3S. The van der Waals surface area contributed by atoms with Crippen LogP contribution in [0.3, 0.4) is 0 Å². The molecule has 0 atom stereocenters. The number of oxime groups is 1. The fraction of sp³-hybridized carbons (Fsp3) is 0.0588. The molecule has 28 heavy (non-hydrogen) atoms. The topological polar surface area (TPSA) is 130 Å². The summed E-state index contributed by atoms with van der Waals surface area (Å²) in [5.41, 5.74) is 7.73. The number of nitrogen functional groups attached to an aromatic ring is 1. The molecule has 0 radical (unpaired) electrons. The third-order valence-electron chi connectivity index (χ3n) is 3.59. The summed E-state index contributed by atoms with van der Waals surface area (Å²) in [5, 5.41) is 13.5. The Balaban J connectivity index is 1.57. The van der Waals surface area contributed by atoms with Gasteiger partial charge < -0.3 is 15.4 Å². The zero-order valence-electron chi connectivity index (χ0n) is 14.3. The molecule has 140 valence electrons. The number of aromatic nitrogens is 5. The van der Waals surface area contributed by atoms with Crippen LogP contribution in [0.4, 0.5) is 5.13 Å². The van der Waals surface area contributed by atoms with Crippen molar-refractivity contribution in [3.63, 3.8) is 0 Å². The van der Waals surface area contributed by atoms with Crippen molar-refractivity contribution in [3.05, 3.63) is 65.4 Å². The molecule has 3 aromatic heterocycles. The Kier molecular flexibility index (Phi) is 4.89. The predicted molar refractivity (Wildman–Crippen MR) is 101 cm³/mol. The third-order valence-corrected chi connectivity index (χ3v) is 4.26. The summed E-state index contributed by atoms with van der Waals surface area (Å²) in [7, 11) is 0. The number of rotatable bonds is 6. The van der Waals surface area contributed by atoms with E-state index in [1.165, 1.54) is 11.3 Å². The predicted octanol–water partition coefficient (Wildman–Crippen LogP) is 1.44. The second kappa shape index (κ2) is 7.80. The van der Waals surface area contributed by atoms with E-state index in [9.17, 15) is 4.79 Å². The lowest BCUT2D eigenvalue weighted by atomic mass is 10.3. The maximum Gasteiger partial charge on any atom is 0.389 e. The van der Waals surface area contributed by atoms with Gasteiger partial charge in [-0.1, -0.05) is 22.1 Å². The van der Waals surface area contributed by atoms with Gasteiger partial charge in [-0.15, -0.1) is 16.4 Å². The van der Waals surface area contributed by atoms with Crippen LogP contribution in [0.1, 0.15) is 11.3 Å². The van der Waals surface area contributed by atoms with E-state index in [4.69, 9.17) is 15.4 Å². The van der Waals surface area contributed by atoms with Gasteiger partial charge in [0.15, 0.2) is 5.13 Å². The Labute approximate surface area is 162 Å². The number of anilines is 1. The molecular weight excluding hydrogens is 382 g/mol. The van der Waals surface area contributed by atoms with Crippen LogP contribution >= 0.6 is 11.3 Å². The average molecular weight is 395 g/mol. The highest BCUT2D eigenvalue weighted by molar-refractivity contribution is 7.13. The first kappa shape index (κ1) is 17.5. The Morgan fingerprint density at radius 1 is 1.21 bits per heavy atom. The van der Waals surface area contributed by atoms with Crippen molar-refractivity contribution in [2.75, 3.05) is 5.73 Å². The Bertz CT molecular complexity index is 1140. The molecule has 4 rings (SSSR count). The number of carbonyl (C=O) groups is 1. The number of thiazole rings is 1. The van der Waals surface area contributed by atoms with Crippen molar-refractivity contribution in [2.45, 2.75) is 6.61 Å². The number of para-hydroxylation sites is 1. The maximum absolute atomic E-state index is 12.7. The van der Waals surface area contributed by atoms with Crippen LogP contribution in [0.5, 0.6) is 0 Å². The highest BCUT2D eigenvalue weighted by Gasteiger charge is 2.22. The number of carbonyl (C=O) groups excluding carboxylic acids is 1. The minimum absolute atomic E-state index is 0.137. The van der Waals surface area contributed by atoms with Crippen LogP contribution in [-0.2, 0) is 16.2 Å². The molecule has 0 fully saturated rings. The standard InChI is InChI=1S/C17H13N7O3S/c18-17-20-13(10-28-17)15(22-26-9-11-5-7-19-8-6-11)16(25)27-24-14-4-2-1-3-12(14)21-23-24/h1-8,10H,9H2,(H2,18,20)/b22-15-. The number of pyridine rings is 1. The van der Waals surface area contributed by atoms with Gasteiger partial charge in [0.2, 0.25) is 5.71 Å². The van der Waals surface area contributed by atoms with Crippen molar-refractivity contribution in [2.24, 2.45) is 5.16 Å². The molecule has 10 nitrogen and oxygen atoms in total. The van der Waals surface area contributed by atoms with Gasteiger partial charge in [0.25, 0.3) is 0 Å². The largest absolute Gasteiger partial charge is 0.390 e. The van der Waals surface area contributed by atoms with E-state index in [-0.39, 0.29) is 23.1 Å². The van der Waals surface area contributed by atoms with Gasteiger partial charge in [0.05, 0.1) is 0 Å². The molecule has 4 aromatic rings. The Hall–Kier alpha value is -3.86. The zero-order valence-corrected chi connectivity index (χ0v) is 15.1. The quantitative estimate of drug-likeness (QED) is 0.295. The average Bonchev–Trinajstić information content (AvgIpc) is 3.32. The van der Waals surface area contributed by atoms with Gasteiger partial charge in [0, 0.05) is 17.8 Å². The zero-order chi connectivity index (χ0) is 19.3. The number of nitrogens with zero attached hydrogens (tertiary/aromatic N) is 6. The molecule has 2 N–H and O–H groups in total. The number of benzene rings is 1. The maximum atomic E-state index is 12.7. The number of nitrogens with two attached hydrogens (primary N) is 1. The van der Waals surface area contributed by atoms with Crippen molar-refractivity contribution in [3.8, 4) is 0 Å². The molecule has 0 spiro atoms. The van der Waals surface area contributed by atoms with E-state index >= 15 is 0 Å². The highest BCUT2D eigenvalue weighted by Crippen LogP contribution is 2.14. The fourth-order valence-corrected chi connectivity index (χ4v) is 2.82. The van der Waals surface area contributed by atoms with Gasteiger partial charge in [-0.3, -0.25) is 4.98 Å². The van der Waals surface area contributed by atoms with E-state index < -0.39 is 5.97 Å². The third kappa shape index (κ3) is 3.78. The molecule has 0 aliphatic heterocycles.